The molecule has 0 amide bonds. The van der Waals surface area contributed by atoms with Crippen molar-refractivity contribution in [3.05, 3.63) is 29.6 Å². The summed E-state index contributed by atoms with van der Waals surface area (Å²) in [6, 6.07) is 0.788. The Morgan fingerprint density at radius 2 is 1.87 bits per heavy atom. The van der Waals surface area contributed by atoms with Crippen LogP contribution in [0, 0.1) is 0 Å². The number of Topliss-reactive ketones (excluding diaryl/α,β-unsaturated/α-hetero) is 1. The third-order valence-electron chi connectivity index (χ3n) is 1.51. The minimum Gasteiger partial charge on any atom is -0.294 e. The molecule has 1 rings (SSSR count). The summed E-state index contributed by atoms with van der Waals surface area (Å²) in [4.78, 5) is 14.2. The number of rotatable bonds is 1. The fraction of sp³-hybridized carbons (Fsp3) is 0.400. The molecule has 0 saturated heterocycles. The second-order valence-electron chi connectivity index (χ2n) is 2.48. The Balaban J connectivity index is 0.000000921. The van der Waals surface area contributed by atoms with Gasteiger partial charge in [0, 0.05) is 18.0 Å². The molecule has 84 valence electrons. The van der Waals surface area contributed by atoms with Gasteiger partial charge in [0.2, 0.25) is 0 Å². The fourth-order valence-corrected chi connectivity index (χ4v) is 0.922. The first-order chi connectivity index (χ1) is 6.93. The summed E-state index contributed by atoms with van der Waals surface area (Å²) >= 11 is 0. The van der Waals surface area contributed by atoms with E-state index in [9.17, 15) is 18.0 Å². The molecule has 0 radical (unpaired) electrons. The lowest BCUT2D eigenvalue weighted by Crippen LogP contribution is -2.11. The largest absolute Gasteiger partial charge is 0.417 e. The van der Waals surface area contributed by atoms with Crippen molar-refractivity contribution in [2.24, 2.45) is 0 Å². The average molecular weight is 219 g/mol. The average Bonchev–Trinajstić information content (AvgIpc) is 2.19. The van der Waals surface area contributed by atoms with Crippen molar-refractivity contribution in [1.29, 1.82) is 0 Å². The van der Waals surface area contributed by atoms with E-state index in [-0.39, 0.29) is 0 Å². The zero-order valence-electron chi connectivity index (χ0n) is 8.72. The molecule has 0 atom stereocenters. The van der Waals surface area contributed by atoms with Crippen molar-refractivity contribution in [3.63, 3.8) is 0 Å². The summed E-state index contributed by atoms with van der Waals surface area (Å²) in [5.74, 6) is -0.638. The maximum Gasteiger partial charge on any atom is 0.417 e. The number of carbonyl (C=O) groups excluding carboxylic acids is 1. The van der Waals surface area contributed by atoms with E-state index in [1.807, 2.05) is 13.8 Å². The predicted molar refractivity (Wildman–Crippen MR) is 50.6 cm³/mol. The molecule has 0 aliphatic carbocycles. The van der Waals surface area contributed by atoms with Gasteiger partial charge in [0.05, 0.1) is 5.56 Å². The molecule has 5 heteroatoms. The summed E-state index contributed by atoms with van der Waals surface area (Å²) in [6.07, 6.45) is -2.57. The molecule has 0 unspecified atom stereocenters. The summed E-state index contributed by atoms with van der Waals surface area (Å²) < 4.78 is 36.7. The van der Waals surface area contributed by atoms with E-state index < -0.39 is 23.1 Å². The van der Waals surface area contributed by atoms with Crippen molar-refractivity contribution < 1.29 is 18.0 Å². The van der Waals surface area contributed by atoms with Crippen LogP contribution in [-0.4, -0.2) is 10.8 Å². The lowest BCUT2D eigenvalue weighted by Gasteiger charge is -2.09. The molecule has 2 nitrogen and oxygen atoms in total. The molecular weight excluding hydrogens is 207 g/mol. The lowest BCUT2D eigenvalue weighted by atomic mass is 10.1. The monoisotopic (exact) mass is 219 g/mol. The third-order valence-corrected chi connectivity index (χ3v) is 1.51. The molecule has 15 heavy (non-hydrogen) atoms. The minimum atomic E-state index is -4.50. The first kappa shape index (κ1) is 13.6. The Morgan fingerprint density at radius 1 is 1.33 bits per heavy atom. The minimum absolute atomic E-state index is 0.394. The van der Waals surface area contributed by atoms with Gasteiger partial charge in [-0.1, -0.05) is 13.8 Å². The highest BCUT2D eigenvalue weighted by molar-refractivity contribution is 5.95. The van der Waals surface area contributed by atoms with E-state index in [2.05, 4.69) is 4.98 Å². The van der Waals surface area contributed by atoms with Crippen molar-refractivity contribution in [2.45, 2.75) is 26.9 Å². The van der Waals surface area contributed by atoms with Crippen LogP contribution in [0.2, 0.25) is 0 Å². The van der Waals surface area contributed by atoms with E-state index in [1.165, 1.54) is 0 Å². The number of hydrogen-bond acceptors (Lipinski definition) is 2. The Kier molecular flexibility index (Phi) is 4.97. The van der Waals surface area contributed by atoms with Gasteiger partial charge < -0.3 is 0 Å². The molecule has 1 heterocycles. The topological polar surface area (TPSA) is 30.0 Å². The van der Waals surface area contributed by atoms with E-state index >= 15 is 0 Å². The van der Waals surface area contributed by atoms with Gasteiger partial charge in [0.25, 0.3) is 0 Å². The molecule has 0 bridgehead atoms. The van der Waals surface area contributed by atoms with Crippen LogP contribution < -0.4 is 0 Å². The first-order valence-electron chi connectivity index (χ1n) is 4.45. The SMILES string of the molecule is CC.CC(=O)c1cnccc1C(F)(F)F. The molecular formula is C10H12F3NO. The van der Waals surface area contributed by atoms with Crippen LogP contribution in [0.4, 0.5) is 13.2 Å². The van der Waals surface area contributed by atoms with E-state index in [0.717, 1.165) is 25.4 Å². The number of nitrogens with zero attached hydrogens (tertiary/aromatic N) is 1. The summed E-state index contributed by atoms with van der Waals surface area (Å²) in [6.45, 7) is 5.08. The Morgan fingerprint density at radius 3 is 2.20 bits per heavy atom. The number of aromatic nitrogens is 1. The summed E-state index contributed by atoms with van der Waals surface area (Å²) in [5.41, 5.74) is -1.33. The molecule has 0 N–H and O–H groups in total. The Bertz CT molecular complexity index is 334. The number of hydrogen-bond donors (Lipinski definition) is 0. The van der Waals surface area contributed by atoms with E-state index in [4.69, 9.17) is 0 Å². The van der Waals surface area contributed by atoms with Crippen LogP contribution in [0.25, 0.3) is 0 Å². The van der Waals surface area contributed by atoms with Crippen LogP contribution in [0.1, 0.15) is 36.7 Å². The van der Waals surface area contributed by atoms with E-state index in [1.54, 1.807) is 0 Å². The van der Waals surface area contributed by atoms with Gasteiger partial charge >= 0.3 is 6.18 Å². The second kappa shape index (κ2) is 5.48. The Labute approximate surface area is 86.1 Å². The second-order valence-corrected chi connectivity index (χ2v) is 2.48. The number of pyridine rings is 1. The summed E-state index contributed by atoms with van der Waals surface area (Å²) in [5, 5.41) is 0. The maximum absolute atomic E-state index is 12.2. The number of ketones is 1. The zero-order chi connectivity index (χ0) is 12.1. The maximum atomic E-state index is 12.2. The van der Waals surface area contributed by atoms with Crippen molar-refractivity contribution in [1.82, 2.24) is 4.98 Å². The predicted octanol–water partition coefficient (Wildman–Crippen LogP) is 3.33. The molecule has 0 spiro atoms. The highest BCUT2D eigenvalue weighted by atomic mass is 19.4. The molecule has 0 fully saturated rings. The van der Waals surface area contributed by atoms with Crippen LogP contribution in [0.5, 0.6) is 0 Å². The number of carbonyl (C=O) groups is 1. The number of halogens is 3. The molecule has 0 saturated carbocycles. The van der Waals surface area contributed by atoms with Crippen molar-refractivity contribution in [2.75, 3.05) is 0 Å². The highest BCUT2D eigenvalue weighted by Crippen LogP contribution is 2.31. The van der Waals surface area contributed by atoms with Gasteiger partial charge in [-0.05, 0) is 13.0 Å². The smallest absolute Gasteiger partial charge is 0.294 e. The van der Waals surface area contributed by atoms with Gasteiger partial charge in [-0.15, -0.1) is 0 Å². The van der Waals surface area contributed by atoms with Crippen LogP contribution >= 0.6 is 0 Å². The van der Waals surface area contributed by atoms with Gasteiger partial charge in [0.15, 0.2) is 5.78 Å². The fourth-order valence-electron chi connectivity index (χ4n) is 0.922. The Hall–Kier alpha value is -1.39. The molecule has 0 aromatic carbocycles. The normalized spacial score (nSPS) is 10.3. The molecule has 0 aliphatic heterocycles. The highest BCUT2D eigenvalue weighted by Gasteiger charge is 2.34. The van der Waals surface area contributed by atoms with Crippen molar-refractivity contribution in [3.8, 4) is 0 Å². The zero-order valence-corrected chi connectivity index (χ0v) is 8.72. The van der Waals surface area contributed by atoms with Crippen LogP contribution in [0.3, 0.4) is 0 Å². The summed E-state index contributed by atoms with van der Waals surface area (Å²) in [7, 11) is 0. The number of alkyl halides is 3. The third kappa shape index (κ3) is 3.69. The lowest BCUT2D eigenvalue weighted by molar-refractivity contribution is -0.138. The molecule has 0 aliphatic rings. The van der Waals surface area contributed by atoms with E-state index in [0.29, 0.717) is 0 Å². The first-order valence-corrected chi connectivity index (χ1v) is 4.45. The van der Waals surface area contributed by atoms with Gasteiger partial charge in [0.1, 0.15) is 0 Å². The molecule has 1 aromatic heterocycles. The van der Waals surface area contributed by atoms with Gasteiger partial charge in [-0.25, -0.2) is 0 Å². The van der Waals surface area contributed by atoms with Gasteiger partial charge in [-0.3, -0.25) is 9.78 Å². The molecule has 1 aromatic rings. The van der Waals surface area contributed by atoms with Gasteiger partial charge in [-0.2, -0.15) is 13.2 Å². The van der Waals surface area contributed by atoms with Crippen molar-refractivity contribution >= 4 is 5.78 Å². The van der Waals surface area contributed by atoms with Crippen LogP contribution in [0.15, 0.2) is 18.5 Å². The standard InChI is InChI=1S/C8H6F3NO.C2H6/c1-5(13)6-4-12-3-2-7(6)8(9,10)11;1-2/h2-4H,1H3;1-2H3. The van der Waals surface area contributed by atoms with Crippen LogP contribution in [-0.2, 0) is 6.18 Å². The quantitative estimate of drug-likeness (QED) is 0.678.